The summed E-state index contributed by atoms with van der Waals surface area (Å²) < 4.78 is 31.9. The van der Waals surface area contributed by atoms with Crippen molar-refractivity contribution in [2.75, 3.05) is 33.4 Å². The molecule has 1 aliphatic heterocycles. The second-order valence-electron chi connectivity index (χ2n) is 7.69. The summed E-state index contributed by atoms with van der Waals surface area (Å²) >= 11 is 0. The number of hydrogen-bond acceptors (Lipinski definition) is 7. The van der Waals surface area contributed by atoms with Gasteiger partial charge in [0, 0.05) is 32.3 Å². The Morgan fingerprint density at radius 3 is 2.29 bits per heavy atom. The predicted octanol–water partition coefficient (Wildman–Crippen LogP) is 2.49. The van der Waals surface area contributed by atoms with E-state index in [2.05, 4.69) is 0 Å². The van der Waals surface area contributed by atoms with E-state index >= 15 is 0 Å². The molecule has 3 rings (SSSR count). The zero-order valence-corrected chi connectivity index (χ0v) is 20.1. The fourth-order valence-electron chi connectivity index (χ4n) is 3.99. The first kappa shape index (κ1) is 25.4. The third kappa shape index (κ3) is 4.70. The number of rotatable bonds is 9. The highest BCUT2D eigenvalue weighted by atomic mass is 32.2. The minimum absolute atomic E-state index is 0.0535. The number of ketones is 1. The van der Waals surface area contributed by atoms with Crippen molar-refractivity contribution in [3.8, 4) is 5.75 Å². The number of benzene rings is 2. The van der Waals surface area contributed by atoms with E-state index in [1.54, 1.807) is 26.0 Å². The Labute approximate surface area is 198 Å². The van der Waals surface area contributed by atoms with Crippen LogP contribution in [0.25, 0.3) is 5.76 Å². The lowest BCUT2D eigenvalue weighted by atomic mass is 9.95. The number of phenols is 1. The van der Waals surface area contributed by atoms with Gasteiger partial charge in [-0.2, -0.15) is 4.31 Å². The van der Waals surface area contributed by atoms with Gasteiger partial charge in [-0.05, 0) is 42.0 Å². The average molecular weight is 489 g/mol. The Morgan fingerprint density at radius 1 is 1.09 bits per heavy atom. The number of aliphatic hydroxyl groups excluding tert-OH is 1. The molecule has 0 radical (unpaired) electrons. The Balaban J connectivity index is 2.10. The molecule has 0 aliphatic carbocycles. The summed E-state index contributed by atoms with van der Waals surface area (Å²) in [5.74, 6) is -2.16. The van der Waals surface area contributed by atoms with E-state index in [0.717, 1.165) is 0 Å². The molecule has 0 aromatic heterocycles. The van der Waals surface area contributed by atoms with Crippen LogP contribution in [0.4, 0.5) is 0 Å². The van der Waals surface area contributed by atoms with E-state index in [0.29, 0.717) is 18.7 Å². The molecule has 1 saturated heterocycles. The number of likely N-dealkylation sites (tertiary alicyclic amines) is 1. The molecule has 1 atom stereocenters. The van der Waals surface area contributed by atoms with Gasteiger partial charge in [0.2, 0.25) is 10.0 Å². The molecule has 1 fully saturated rings. The first-order chi connectivity index (χ1) is 16.2. The maximum absolute atomic E-state index is 12.9. The number of nitrogens with zero attached hydrogens (tertiary/aromatic N) is 2. The molecule has 2 aromatic carbocycles. The van der Waals surface area contributed by atoms with Gasteiger partial charge in [-0.3, -0.25) is 9.59 Å². The van der Waals surface area contributed by atoms with Gasteiger partial charge in [0.15, 0.2) is 0 Å². The number of hydrogen-bond donors (Lipinski definition) is 2. The van der Waals surface area contributed by atoms with E-state index in [4.69, 9.17) is 4.74 Å². The second kappa shape index (κ2) is 10.4. The first-order valence-electron chi connectivity index (χ1n) is 10.8. The number of ether oxygens (including phenoxy) is 1. The minimum Gasteiger partial charge on any atom is -0.508 e. The number of aromatic hydroxyl groups is 1. The lowest BCUT2D eigenvalue weighted by Crippen LogP contribution is -2.32. The van der Waals surface area contributed by atoms with Crippen molar-refractivity contribution in [3.63, 3.8) is 0 Å². The van der Waals surface area contributed by atoms with E-state index in [1.165, 1.54) is 52.7 Å². The van der Waals surface area contributed by atoms with E-state index in [9.17, 15) is 28.2 Å². The molecule has 2 N–H and O–H groups in total. The lowest BCUT2D eigenvalue weighted by molar-refractivity contribution is -0.140. The summed E-state index contributed by atoms with van der Waals surface area (Å²) in [5.41, 5.74) is 0.483. The standard InChI is InChI=1S/C24H28N2O7S/c1-4-25(5-2)34(31,32)19-11-9-16(10-12-19)22(28)20-21(17-7-6-8-18(27)15-17)26(13-14-33-3)24(30)23(20)29/h6-12,15,21,27-28H,4-5,13-14H2,1-3H3/b22-20+/t21-/m1/s1. The number of sulfonamides is 1. The molecule has 1 heterocycles. The highest BCUT2D eigenvalue weighted by Gasteiger charge is 2.46. The van der Waals surface area contributed by atoms with Gasteiger partial charge in [-0.25, -0.2) is 8.42 Å². The molecule has 10 heteroatoms. The summed E-state index contributed by atoms with van der Waals surface area (Å²) in [7, 11) is -2.23. The molecular weight excluding hydrogens is 460 g/mol. The predicted molar refractivity (Wildman–Crippen MR) is 126 cm³/mol. The highest BCUT2D eigenvalue weighted by molar-refractivity contribution is 7.89. The largest absolute Gasteiger partial charge is 0.508 e. The zero-order valence-electron chi connectivity index (χ0n) is 19.3. The lowest BCUT2D eigenvalue weighted by Gasteiger charge is -2.25. The van der Waals surface area contributed by atoms with E-state index < -0.39 is 33.5 Å². The number of carbonyl (C=O) groups excluding carboxylic acids is 2. The van der Waals surface area contributed by atoms with Crippen molar-refractivity contribution in [2.45, 2.75) is 24.8 Å². The fourth-order valence-corrected chi connectivity index (χ4v) is 5.45. The SMILES string of the molecule is CCN(CC)S(=O)(=O)c1ccc(/C(O)=C2\C(=O)C(=O)N(CCOC)[C@@H]2c2cccc(O)c2)cc1. The quantitative estimate of drug-likeness (QED) is 0.316. The Hall–Kier alpha value is -3.21. The summed E-state index contributed by atoms with van der Waals surface area (Å²) in [4.78, 5) is 27.1. The normalized spacial score (nSPS) is 18.1. The summed E-state index contributed by atoms with van der Waals surface area (Å²) in [5, 5.41) is 21.0. The second-order valence-corrected chi connectivity index (χ2v) is 9.63. The summed E-state index contributed by atoms with van der Waals surface area (Å²) in [6.45, 7) is 4.38. The van der Waals surface area contributed by atoms with Crippen molar-refractivity contribution < 1.29 is 33.0 Å². The number of amides is 1. The summed E-state index contributed by atoms with van der Waals surface area (Å²) in [6, 6.07) is 10.7. The van der Waals surface area contributed by atoms with Gasteiger partial charge < -0.3 is 19.8 Å². The number of methoxy groups -OCH3 is 1. The van der Waals surface area contributed by atoms with Gasteiger partial charge in [-0.15, -0.1) is 0 Å². The number of carbonyl (C=O) groups is 2. The van der Waals surface area contributed by atoms with Crippen LogP contribution >= 0.6 is 0 Å². The number of phenolic OH excluding ortho intramolecular Hbond substituents is 1. The summed E-state index contributed by atoms with van der Waals surface area (Å²) in [6.07, 6.45) is 0. The van der Waals surface area contributed by atoms with Crippen LogP contribution in [0.1, 0.15) is 31.0 Å². The van der Waals surface area contributed by atoms with Crippen molar-refractivity contribution in [3.05, 3.63) is 65.2 Å². The van der Waals surface area contributed by atoms with E-state index in [-0.39, 0.29) is 34.9 Å². The number of Topliss-reactive ketones (excluding diaryl/α,β-unsaturated/α-hetero) is 1. The van der Waals surface area contributed by atoms with Crippen LogP contribution in [0.2, 0.25) is 0 Å². The molecular formula is C24H28N2O7S. The third-order valence-corrected chi connectivity index (χ3v) is 7.80. The fraction of sp³-hybridized carbons (Fsp3) is 0.333. The molecule has 1 aliphatic rings. The van der Waals surface area contributed by atoms with Crippen molar-refractivity contribution in [1.29, 1.82) is 0 Å². The Morgan fingerprint density at radius 2 is 1.74 bits per heavy atom. The molecule has 0 saturated carbocycles. The smallest absolute Gasteiger partial charge is 0.295 e. The minimum atomic E-state index is -3.70. The van der Waals surface area contributed by atoms with Crippen LogP contribution < -0.4 is 0 Å². The van der Waals surface area contributed by atoms with Crippen LogP contribution in [0, 0.1) is 0 Å². The van der Waals surface area contributed by atoms with Crippen LogP contribution in [-0.4, -0.2) is 72.9 Å². The van der Waals surface area contributed by atoms with Gasteiger partial charge >= 0.3 is 0 Å². The molecule has 9 nitrogen and oxygen atoms in total. The average Bonchev–Trinajstić information content (AvgIpc) is 3.07. The molecule has 34 heavy (non-hydrogen) atoms. The maximum Gasteiger partial charge on any atom is 0.295 e. The zero-order chi connectivity index (χ0) is 25.0. The molecule has 0 bridgehead atoms. The third-order valence-electron chi connectivity index (χ3n) is 5.73. The van der Waals surface area contributed by atoms with E-state index in [1.807, 2.05) is 0 Å². The highest BCUT2D eigenvalue weighted by Crippen LogP contribution is 2.40. The number of aliphatic hydroxyl groups is 1. The monoisotopic (exact) mass is 488 g/mol. The van der Waals surface area contributed by atoms with Gasteiger partial charge in [0.25, 0.3) is 11.7 Å². The van der Waals surface area contributed by atoms with Crippen LogP contribution in [-0.2, 0) is 24.3 Å². The molecule has 1 amide bonds. The van der Waals surface area contributed by atoms with Crippen molar-refractivity contribution >= 4 is 27.5 Å². The van der Waals surface area contributed by atoms with Gasteiger partial charge in [0.05, 0.1) is 23.1 Å². The first-order valence-corrected chi connectivity index (χ1v) is 12.3. The van der Waals surface area contributed by atoms with Crippen molar-refractivity contribution in [2.24, 2.45) is 0 Å². The Kier molecular flexibility index (Phi) is 7.75. The van der Waals surface area contributed by atoms with Gasteiger partial charge in [0.1, 0.15) is 11.5 Å². The molecule has 2 aromatic rings. The van der Waals surface area contributed by atoms with Crippen LogP contribution in [0.5, 0.6) is 5.75 Å². The topological polar surface area (TPSA) is 124 Å². The maximum atomic E-state index is 12.9. The molecule has 0 spiro atoms. The van der Waals surface area contributed by atoms with Crippen LogP contribution in [0.3, 0.4) is 0 Å². The Bertz CT molecular complexity index is 1200. The molecule has 182 valence electrons. The van der Waals surface area contributed by atoms with Crippen LogP contribution in [0.15, 0.2) is 59.0 Å². The van der Waals surface area contributed by atoms with Crippen molar-refractivity contribution in [1.82, 2.24) is 9.21 Å². The van der Waals surface area contributed by atoms with Gasteiger partial charge in [-0.1, -0.05) is 26.0 Å². The molecule has 0 unspecified atom stereocenters.